The second kappa shape index (κ2) is 3.73. The Morgan fingerprint density at radius 3 is 2.86 bits per heavy atom. The molecule has 1 aliphatic rings. The van der Waals surface area contributed by atoms with Crippen molar-refractivity contribution in [2.24, 2.45) is 11.7 Å². The molecule has 1 heterocycles. The standard InChI is InChI=1S/C11H19N3/c1-8(5-10-3-4-10)14-7-13-6-11(14)9(2)12/h6-10H,3-5,12H2,1-2H3/t8?,9-/m1/s1. The minimum atomic E-state index is 0.0825. The van der Waals surface area contributed by atoms with Crippen LogP contribution >= 0.6 is 0 Å². The molecule has 1 fully saturated rings. The van der Waals surface area contributed by atoms with E-state index in [-0.39, 0.29) is 6.04 Å². The van der Waals surface area contributed by atoms with Gasteiger partial charge in [0.15, 0.2) is 0 Å². The second-order valence-corrected chi connectivity index (χ2v) is 4.54. The Morgan fingerprint density at radius 2 is 2.29 bits per heavy atom. The lowest BCUT2D eigenvalue weighted by Crippen LogP contribution is -2.15. The van der Waals surface area contributed by atoms with Gasteiger partial charge in [0.1, 0.15) is 0 Å². The van der Waals surface area contributed by atoms with Crippen molar-refractivity contribution in [2.45, 2.75) is 45.2 Å². The minimum Gasteiger partial charge on any atom is -0.330 e. The van der Waals surface area contributed by atoms with E-state index in [1.807, 2.05) is 19.4 Å². The molecule has 3 nitrogen and oxygen atoms in total. The maximum atomic E-state index is 5.88. The van der Waals surface area contributed by atoms with Gasteiger partial charge in [-0.15, -0.1) is 0 Å². The van der Waals surface area contributed by atoms with Crippen LogP contribution in [-0.2, 0) is 0 Å². The highest BCUT2D eigenvalue weighted by atomic mass is 15.1. The lowest BCUT2D eigenvalue weighted by molar-refractivity contribution is 0.455. The van der Waals surface area contributed by atoms with Crippen LogP contribution in [0.1, 0.15) is 50.9 Å². The van der Waals surface area contributed by atoms with Crippen molar-refractivity contribution in [1.29, 1.82) is 0 Å². The summed E-state index contributed by atoms with van der Waals surface area (Å²) >= 11 is 0. The lowest BCUT2D eigenvalue weighted by Gasteiger charge is -2.17. The molecule has 0 spiro atoms. The number of rotatable bonds is 4. The lowest BCUT2D eigenvalue weighted by atomic mass is 10.1. The topological polar surface area (TPSA) is 43.8 Å². The highest BCUT2D eigenvalue weighted by molar-refractivity contribution is 5.04. The zero-order valence-corrected chi connectivity index (χ0v) is 8.98. The van der Waals surface area contributed by atoms with E-state index in [1.54, 1.807) is 0 Å². The van der Waals surface area contributed by atoms with Crippen LogP contribution in [-0.4, -0.2) is 9.55 Å². The quantitative estimate of drug-likeness (QED) is 0.797. The molecule has 14 heavy (non-hydrogen) atoms. The maximum Gasteiger partial charge on any atom is 0.0951 e. The van der Waals surface area contributed by atoms with Crippen LogP contribution in [0.15, 0.2) is 12.5 Å². The molecular formula is C11H19N3. The highest BCUT2D eigenvalue weighted by Crippen LogP contribution is 2.37. The van der Waals surface area contributed by atoms with E-state index < -0.39 is 0 Å². The van der Waals surface area contributed by atoms with Crippen LogP contribution in [0.3, 0.4) is 0 Å². The molecule has 1 aromatic heterocycles. The van der Waals surface area contributed by atoms with Gasteiger partial charge in [0, 0.05) is 18.3 Å². The van der Waals surface area contributed by atoms with Crippen LogP contribution in [0, 0.1) is 5.92 Å². The molecule has 0 radical (unpaired) electrons. The largest absolute Gasteiger partial charge is 0.330 e. The van der Waals surface area contributed by atoms with E-state index in [4.69, 9.17) is 5.73 Å². The fourth-order valence-corrected chi connectivity index (χ4v) is 1.99. The third-order valence-corrected chi connectivity index (χ3v) is 3.01. The monoisotopic (exact) mass is 193 g/mol. The van der Waals surface area contributed by atoms with Crippen LogP contribution in [0.4, 0.5) is 0 Å². The van der Waals surface area contributed by atoms with Crippen molar-refractivity contribution >= 4 is 0 Å². The summed E-state index contributed by atoms with van der Waals surface area (Å²) in [6.07, 6.45) is 7.88. The van der Waals surface area contributed by atoms with Gasteiger partial charge in [-0.05, 0) is 26.2 Å². The fraction of sp³-hybridized carbons (Fsp3) is 0.727. The summed E-state index contributed by atoms with van der Waals surface area (Å²) in [6.45, 7) is 4.27. The molecule has 0 amide bonds. The average molecular weight is 193 g/mol. The van der Waals surface area contributed by atoms with Gasteiger partial charge in [0.05, 0.1) is 12.0 Å². The Morgan fingerprint density at radius 1 is 1.57 bits per heavy atom. The van der Waals surface area contributed by atoms with E-state index >= 15 is 0 Å². The van der Waals surface area contributed by atoms with Crippen molar-refractivity contribution in [3.05, 3.63) is 18.2 Å². The van der Waals surface area contributed by atoms with Crippen LogP contribution < -0.4 is 5.73 Å². The number of aromatic nitrogens is 2. The Labute approximate surface area is 85.3 Å². The molecule has 2 rings (SSSR count). The zero-order chi connectivity index (χ0) is 10.1. The maximum absolute atomic E-state index is 5.88. The summed E-state index contributed by atoms with van der Waals surface area (Å²) in [6, 6.07) is 0.630. The Balaban J connectivity index is 2.08. The van der Waals surface area contributed by atoms with E-state index in [0.29, 0.717) is 6.04 Å². The first kappa shape index (κ1) is 9.71. The van der Waals surface area contributed by atoms with Gasteiger partial charge >= 0.3 is 0 Å². The first-order chi connectivity index (χ1) is 6.68. The van der Waals surface area contributed by atoms with Crippen molar-refractivity contribution < 1.29 is 0 Å². The fourth-order valence-electron chi connectivity index (χ4n) is 1.99. The summed E-state index contributed by atoms with van der Waals surface area (Å²) in [7, 11) is 0. The van der Waals surface area contributed by atoms with E-state index in [1.165, 1.54) is 19.3 Å². The Kier molecular flexibility index (Phi) is 2.59. The molecule has 1 aliphatic carbocycles. The Bertz CT molecular complexity index is 299. The Hall–Kier alpha value is -0.830. The van der Waals surface area contributed by atoms with Gasteiger partial charge in [0.25, 0.3) is 0 Å². The molecule has 78 valence electrons. The number of imidazole rings is 1. The van der Waals surface area contributed by atoms with Gasteiger partial charge in [-0.1, -0.05) is 12.8 Å². The molecule has 0 bridgehead atoms. The van der Waals surface area contributed by atoms with E-state index in [2.05, 4.69) is 16.5 Å². The van der Waals surface area contributed by atoms with Crippen LogP contribution in [0.2, 0.25) is 0 Å². The van der Waals surface area contributed by atoms with Gasteiger partial charge < -0.3 is 10.3 Å². The third kappa shape index (κ3) is 1.98. The molecule has 3 heteroatoms. The summed E-state index contributed by atoms with van der Waals surface area (Å²) < 4.78 is 2.23. The normalized spacial score (nSPS) is 20.8. The smallest absolute Gasteiger partial charge is 0.0951 e. The van der Waals surface area contributed by atoms with E-state index in [0.717, 1.165) is 11.6 Å². The van der Waals surface area contributed by atoms with Crippen molar-refractivity contribution in [1.82, 2.24) is 9.55 Å². The average Bonchev–Trinajstić information content (AvgIpc) is 2.81. The molecular weight excluding hydrogens is 174 g/mol. The summed E-state index contributed by atoms with van der Waals surface area (Å²) in [5.41, 5.74) is 7.03. The molecule has 0 saturated heterocycles. The molecule has 0 aliphatic heterocycles. The van der Waals surface area contributed by atoms with Crippen molar-refractivity contribution in [2.75, 3.05) is 0 Å². The summed E-state index contributed by atoms with van der Waals surface area (Å²) in [5, 5.41) is 0. The van der Waals surface area contributed by atoms with Gasteiger partial charge in [-0.2, -0.15) is 0 Å². The molecule has 1 saturated carbocycles. The van der Waals surface area contributed by atoms with Crippen LogP contribution in [0.25, 0.3) is 0 Å². The number of hydrogen-bond donors (Lipinski definition) is 1. The van der Waals surface area contributed by atoms with Gasteiger partial charge in [-0.3, -0.25) is 0 Å². The zero-order valence-electron chi connectivity index (χ0n) is 8.98. The summed E-state index contributed by atoms with van der Waals surface area (Å²) in [4.78, 5) is 4.18. The number of nitrogens with two attached hydrogens (primary N) is 1. The van der Waals surface area contributed by atoms with Crippen molar-refractivity contribution in [3.63, 3.8) is 0 Å². The molecule has 1 unspecified atom stereocenters. The van der Waals surface area contributed by atoms with Gasteiger partial charge in [0.2, 0.25) is 0 Å². The molecule has 2 N–H and O–H groups in total. The highest BCUT2D eigenvalue weighted by Gasteiger charge is 2.25. The molecule has 2 atom stereocenters. The first-order valence-corrected chi connectivity index (χ1v) is 5.45. The van der Waals surface area contributed by atoms with Crippen LogP contribution in [0.5, 0.6) is 0 Å². The number of hydrogen-bond acceptors (Lipinski definition) is 2. The number of nitrogens with zero attached hydrogens (tertiary/aromatic N) is 2. The SMILES string of the molecule is CC(CC1CC1)n1cncc1[C@@H](C)N. The predicted octanol–water partition coefficient (Wildman–Crippen LogP) is 2.26. The van der Waals surface area contributed by atoms with E-state index in [9.17, 15) is 0 Å². The van der Waals surface area contributed by atoms with Gasteiger partial charge in [-0.25, -0.2) is 4.98 Å². The molecule has 0 aromatic carbocycles. The second-order valence-electron chi connectivity index (χ2n) is 4.54. The third-order valence-electron chi connectivity index (χ3n) is 3.01. The predicted molar refractivity (Wildman–Crippen MR) is 56.9 cm³/mol. The summed E-state index contributed by atoms with van der Waals surface area (Å²) in [5.74, 6) is 0.952. The minimum absolute atomic E-state index is 0.0825. The van der Waals surface area contributed by atoms with Crippen molar-refractivity contribution in [3.8, 4) is 0 Å². The molecule has 1 aromatic rings. The first-order valence-electron chi connectivity index (χ1n) is 5.45.